The Hall–Kier alpha value is -1.74. The molecule has 0 saturated carbocycles. The van der Waals surface area contributed by atoms with Crippen molar-refractivity contribution in [3.05, 3.63) is 59.1 Å². The largest absolute Gasteiger partial charge is 0.328 e. The monoisotopic (exact) mass is 266 g/mol. The average Bonchev–Trinajstić information content (AvgIpc) is 2.40. The van der Waals surface area contributed by atoms with Crippen molar-refractivity contribution in [3.63, 3.8) is 0 Å². The number of alkyl halides is 2. The number of rotatable bonds is 3. The molecule has 2 rings (SSSR count). The molecule has 0 fully saturated rings. The minimum Gasteiger partial charge on any atom is -0.296 e. The summed E-state index contributed by atoms with van der Waals surface area (Å²) in [7, 11) is 0. The van der Waals surface area contributed by atoms with Crippen molar-refractivity contribution in [2.24, 2.45) is 0 Å². The summed E-state index contributed by atoms with van der Waals surface area (Å²) >= 11 is 5.75. The Kier molecular flexibility index (Phi) is 3.43. The summed E-state index contributed by atoms with van der Waals surface area (Å²) in [5.74, 6) is -3.49. The van der Waals surface area contributed by atoms with Crippen LogP contribution in [0.1, 0.15) is 5.56 Å². The highest BCUT2D eigenvalue weighted by molar-refractivity contribution is 6.30. The second-order valence-electron chi connectivity index (χ2n) is 3.79. The zero-order valence-electron chi connectivity index (χ0n) is 9.24. The first-order valence-electron chi connectivity index (χ1n) is 5.24. The Morgan fingerprint density at radius 1 is 1.00 bits per heavy atom. The van der Waals surface area contributed by atoms with E-state index in [-0.39, 0.29) is 11.8 Å². The van der Waals surface area contributed by atoms with Crippen LogP contribution in [0.5, 0.6) is 0 Å². The minimum absolute atomic E-state index is 0.303. The van der Waals surface area contributed by atoms with Crippen LogP contribution in [0.4, 0.5) is 8.78 Å². The molecule has 0 N–H and O–H groups in total. The van der Waals surface area contributed by atoms with Crippen molar-refractivity contribution in [3.8, 4) is 11.1 Å². The normalized spacial score (nSPS) is 11.3. The molecule has 0 aliphatic rings. The van der Waals surface area contributed by atoms with E-state index in [1.54, 1.807) is 36.4 Å². The maximum Gasteiger partial charge on any atom is 0.328 e. The average molecular weight is 267 g/mol. The van der Waals surface area contributed by atoms with Gasteiger partial charge < -0.3 is 0 Å². The fraction of sp³-hybridized carbons (Fsp3) is 0.0714. The Bertz CT molecular complexity index is 564. The molecule has 0 saturated heterocycles. The SMILES string of the molecule is O=CC(F)(F)c1ccccc1-c1ccc(Cl)cc1. The van der Waals surface area contributed by atoms with E-state index in [1.165, 1.54) is 12.1 Å². The molecular formula is C14H9ClF2O. The lowest BCUT2D eigenvalue weighted by molar-refractivity contribution is -0.130. The van der Waals surface area contributed by atoms with Crippen molar-refractivity contribution in [2.45, 2.75) is 5.92 Å². The number of halogens is 3. The van der Waals surface area contributed by atoms with Crippen LogP contribution in [-0.4, -0.2) is 6.29 Å². The van der Waals surface area contributed by atoms with E-state index in [4.69, 9.17) is 11.6 Å². The summed E-state index contributed by atoms with van der Waals surface area (Å²) < 4.78 is 27.0. The first kappa shape index (κ1) is 12.7. The summed E-state index contributed by atoms with van der Waals surface area (Å²) in [6, 6.07) is 12.4. The van der Waals surface area contributed by atoms with Crippen LogP contribution < -0.4 is 0 Å². The van der Waals surface area contributed by atoms with Crippen LogP contribution in [-0.2, 0) is 10.7 Å². The molecular weight excluding hydrogens is 258 g/mol. The summed E-state index contributed by atoms with van der Waals surface area (Å²) in [6.07, 6.45) is -0.345. The van der Waals surface area contributed by atoms with Crippen molar-refractivity contribution in [2.75, 3.05) is 0 Å². The maximum absolute atomic E-state index is 13.5. The predicted octanol–water partition coefficient (Wildman–Crippen LogP) is 4.30. The lowest BCUT2D eigenvalue weighted by atomic mass is 9.96. The molecule has 4 heteroatoms. The first-order valence-corrected chi connectivity index (χ1v) is 5.62. The smallest absolute Gasteiger partial charge is 0.296 e. The van der Waals surface area contributed by atoms with Crippen LogP contribution in [0.2, 0.25) is 5.02 Å². The van der Waals surface area contributed by atoms with E-state index in [0.717, 1.165) is 0 Å². The number of hydrogen-bond acceptors (Lipinski definition) is 1. The van der Waals surface area contributed by atoms with Crippen molar-refractivity contribution in [1.29, 1.82) is 0 Å². The third-order valence-electron chi connectivity index (χ3n) is 2.59. The molecule has 0 aliphatic heterocycles. The number of carbonyl (C=O) groups is 1. The number of aldehydes is 1. The van der Waals surface area contributed by atoms with E-state index >= 15 is 0 Å². The van der Waals surface area contributed by atoms with Crippen molar-refractivity contribution < 1.29 is 13.6 Å². The molecule has 92 valence electrons. The van der Waals surface area contributed by atoms with E-state index in [0.29, 0.717) is 16.1 Å². The molecule has 0 atom stereocenters. The van der Waals surface area contributed by atoms with Gasteiger partial charge in [0, 0.05) is 10.6 Å². The van der Waals surface area contributed by atoms with Crippen LogP contribution in [0.25, 0.3) is 11.1 Å². The lowest BCUT2D eigenvalue weighted by Gasteiger charge is -2.14. The van der Waals surface area contributed by atoms with Gasteiger partial charge in [0.05, 0.1) is 0 Å². The zero-order chi connectivity index (χ0) is 13.2. The highest BCUT2D eigenvalue weighted by Crippen LogP contribution is 2.34. The molecule has 0 bridgehead atoms. The highest BCUT2D eigenvalue weighted by atomic mass is 35.5. The van der Waals surface area contributed by atoms with Crippen LogP contribution >= 0.6 is 11.6 Å². The van der Waals surface area contributed by atoms with Gasteiger partial charge in [-0.25, -0.2) is 0 Å². The fourth-order valence-corrected chi connectivity index (χ4v) is 1.84. The Morgan fingerprint density at radius 3 is 2.22 bits per heavy atom. The van der Waals surface area contributed by atoms with E-state index in [2.05, 4.69) is 0 Å². The Morgan fingerprint density at radius 2 is 1.61 bits per heavy atom. The van der Waals surface area contributed by atoms with E-state index in [1.807, 2.05) is 0 Å². The molecule has 0 unspecified atom stereocenters. The zero-order valence-corrected chi connectivity index (χ0v) is 9.99. The molecule has 0 amide bonds. The standard InChI is InChI=1S/C14H9ClF2O/c15-11-7-5-10(6-8-11)12-3-1-2-4-13(12)14(16,17)9-18/h1-9H. The lowest BCUT2D eigenvalue weighted by Crippen LogP contribution is -2.16. The van der Waals surface area contributed by atoms with Gasteiger partial charge in [-0.1, -0.05) is 48.0 Å². The van der Waals surface area contributed by atoms with Gasteiger partial charge in [-0.2, -0.15) is 8.78 Å². The molecule has 0 spiro atoms. The van der Waals surface area contributed by atoms with Crippen molar-refractivity contribution in [1.82, 2.24) is 0 Å². The van der Waals surface area contributed by atoms with Crippen molar-refractivity contribution >= 4 is 17.9 Å². The van der Waals surface area contributed by atoms with E-state index in [9.17, 15) is 13.6 Å². The second kappa shape index (κ2) is 4.86. The topological polar surface area (TPSA) is 17.1 Å². The fourth-order valence-electron chi connectivity index (χ4n) is 1.72. The number of benzene rings is 2. The molecule has 1 nitrogen and oxygen atoms in total. The Balaban J connectivity index is 2.58. The van der Waals surface area contributed by atoms with Gasteiger partial charge in [0.2, 0.25) is 0 Å². The summed E-state index contributed by atoms with van der Waals surface area (Å²) in [5.41, 5.74) is 0.616. The molecule has 0 radical (unpaired) electrons. The summed E-state index contributed by atoms with van der Waals surface area (Å²) in [6.45, 7) is 0. The van der Waals surface area contributed by atoms with Gasteiger partial charge in [0.15, 0.2) is 6.29 Å². The van der Waals surface area contributed by atoms with E-state index < -0.39 is 5.92 Å². The molecule has 0 aromatic heterocycles. The maximum atomic E-state index is 13.5. The molecule has 0 heterocycles. The second-order valence-corrected chi connectivity index (χ2v) is 4.23. The van der Waals surface area contributed by atoms with Crippen LogP contribution in [0.3, 0.4) is 0 Å². The van der Waals surface area contributed by atoms with Gasteiger partial charge in [-0.3, -0.25) is 4.79 Å². The quantitative estimate of drug-likeness (QED) is 0.757. The Labute approximate surface area is 108 Å². The predicted molar refractivity (Wildman–Crippen MR) is 66.8 cm³/mol. The third-order valence-corrected chi connectivity index (χ3v) is 2.84. The van der Waals surface area contributed by atoms with Gasteiger partial charge in [0.1, 0.15) is 0 Å². The minimum atomic E-state index is -3.49. The van der Waals surface area contributed by atoms with Crippen LogP contribution in [0, 0.1) is 0 Å². The molecule has 2 aromatic carbocycles. The number of carbonyl (C=O) groups excluding carboxylic acids is 1. The van der Waals surface area contributed by atoms with Gasteiger partial charge in [-0.15, -0.1) is 0 Å². The first-order chi connectivity index (χ1) is 8.54. The third kappa shape index (κ3) is 2.41. The van der Waals surface area contributed by atoms with Crippen LogP contribution in [0.15, 0.2) is 48.5 Å². The van der Waals surface area contributed by atoms with Gasteiger partial charge in [0.25, 0.3) is 0 Å². The number of hydrogen-bond donors (Lipinski definition) is 0. The summed E-state index contributed by atoms with van der Waals surface area (Å²) in [4.78, 5) is 10.5. The molecule has 18 heavy (non-hydrogen) atoms. The highest BCUT2D eigenvalue weighted by Gasteiger charge is 2.33. The molecule has 2 aromatic rings. The molecule has 0 aliphatic carbocycles. The van der Waals surface area contributed by atoms with Gasteiger partial charge >= 0.3 is 5.92 Å². The van der Waals surface area contributed by atoms with Gasteiger partial charge in [-0.05, 0) is 23.3 Å². The summed E-state index contributed by atoms with van der Waals surface area (Å²) in [5, 5.41) is 0.526.